The summed E-state index contributed by atoms with van der Waals surface area (Å²) < 4.78 is 19.1. The van der Waals surface area contributed by atoms with Crippen LogP contribution in [0.1, 0.15) is 11.6 Å². The van der Waals surface area contributed by atoms with Gasteiger partial charge in [-0.3, -0.25) is 9.69 Å². The number of carboxylic acid groups (broad SMARTS) is 1. The van der Waals surface area contributed by atoms with Gasteiger partial charge in [0.05, 0.1) is 18.2 Å². The van der Waals surface area contributed by atoms with Crippen LogP contribution in [0.3, 0.4) is 0 Å². The molecule has 0 amide bonds. The lowest BCUT2D eigenvalue weighted by atomic mass is 10.0. The molecule has 1 N–H and O–H groups in total. The molecule has 1 unspecified atom stereocenters. The number of rotatable bonds is 3. The third-order valence-electron chi connectivity index (χ3n) is 2.92. The number of carbonyl (C=O) groups is 1. The van der Waals surface area contributed by atoms with E-state index in [1.165, 1.54) is 12.1 Å². The monoisotopic (exact) mass is 273 g/mol. The first-order valence-corrected chi connectivity index (χ1v) is 5.97. The van der Waals surface area contributed by atoms with Gasteiger partial charge in [0.2, 0.25) is 0 Å². The van der Waals surface area contributed by atoms with Gasteiger partial charge in [-0.2, -0.15) is 0 Å². The van der Waals surface area contributed by atoms with Crippen LogP contribution in [-0.4, -0.2) is 42.3 Å². The van der Waals surface area contributed by atoms with Gasteiger partial charge < -0.3 is 9.84 Å². The Bertz CT molecular complexity index is 449. The van der Waals surface area contributed by atoms with Gasteiger partial charge in [-0.25, -0.2) is 4.39 Å². The van der Waals surface area contributed by atoms with Crippen LogP contribution in [0, 0.1) is 5.82 Å². The standard InChI is InChI=1S/C12H13ClFNO3/c13-9-3-1-2-8(10(9)14)11(12(16)17)15-4-6-18-7-5-15/h1-3,11H,4-7H2,(H,16,17). The van der Waals surface area contributed by atoms with Gasteiger partial charge in [-0.15, -0.1) is 0 Å². The van der Waals surface area contributed by atoms with Gasteiger partial charge in [0, 0.05) is 18.7 Å². The minimum Gasteiger partial charge on any atom is -0.480 e. The van der Waals surface area contributed by atoms with Crippen molar-refractivity contribution in [3.05, 3.63) is 34.6 Å². The molecule has 0 radical (unpaired) electrons. The average molecular weight is 274 g/mol. The van der Waals surface area contributed by atoms with E-state index in [0.717, 1.165) is 0 Å². The first-order chi connectivity index (χ1) is 8.61. The molecule has 6 heteroatoms. The van der Waals surface area contributed by atoms with Crippen LogP contribution in [0.25, 0.3) is 0 Å². The van der Waals surface area contributed by atoms with E-state index in [1.807, 2.05) is 0 Å². The van der Waals surface area contributed by atoms with E-state index in [4.69, 9.17) is 16.3 Å². The number of morpholine rings is 1. The second-order valence-corrected chi connectivity index (χ2v) is 4.44. The number of aliphatic carboxylic acids is 1. The molecule has 0 bridgehead atoms. The second kappa shape index (κ2) is 5.65. The van der Waals surface area contributed by atoms with Crippen LogP contribution in [0.5, 0.6) is 0 Å². The Hall–Kier alpha value is -1.17. The number of ether oxygens (including phenoxy) is 1. The maximum Gasteiger partial charge on any atom is 0.325 e. The van der Waals surface area contributed by atoms with E-state index in [2.05, 4.69) is 0 Å². The van der Waals surface area contributed by atoms with Crippen LogP contribution < -0.4 is 0 Å². The van der Waals surface area contributed by atoms with E-state index >= 15 is 0 Å². The molecule has 0 spiro atoms. The summed E-state index contributed by atoms with van der Waals surface area (Å²) in [4.78, 5) is 13.1. The smallest absolute Gasteiger partial charge is 0.325 e. The van der Waals surface area contributed by atoms with Gasteiger partial charge in [-0.05, 0) is 6.07 Å². The average Bonchev–Trinajstić information content (AvgIpc) is 2.36. The molecule has 0 saturated carbocycles. The molecule has 1 aliphatic rings. The number of hydrogen-bond acceptors (Lipinski definition) is 3. The van der Waals surface area contributed by atoms with Crippen molar-refractivity contribution < 1.29 is 19.0 Å². The molecule has 2 rings (SSSR count). The summed E-state index contributed by atoms with van der Waals surface area (Å²) in [6.45, 7) is 1.82. The Balaban J connectivity index is 2.34. The lowest BCUT2D eigenvalue weighted by molar-refractivity contribution is -0.145. The molecule has 1 saturated heterocycles. The van der Waals surface area contributed by atoms with E-state index < -0.39 is 17.8 Å². The van der Waals surface area contributed by atoms with Crippen molar-refractivity contribution in [3.63, 3.8) is 0 Å². The highest BCUT2D eigenvalue weighted by Crippen LogP contribution is 2.28. The Morgan fingerprint density at radius 3 is 2.72 bits per heavy atom. The summed E-state index contributed by atoms with van der Waals surface area (Å²) >= 11 is 5.69. The topological polar surface area (TPSA) is 49.8 Å². The first kappa shape index (κ1) is 13.3. The van der Waals surface area contributed by atoms with Crippen molar-refractivity contribution in [3.8, 4) is 0 Å². The maximum absolute atomic E-state index is 13.9. The van der Waals surface area contributed by atoms with Gasteiger partial charge in [0.25, 0.3) is 0 Å². The normalized spacial score (nSPS) is 18.6. The number of carboxylic acids is 1. The van der Waals surface area contributed by atoms with Crippen molar-refractivity contribution in [2.45, 2.75) is 6.04 Å². The molecular formula is C12H13ClFNO3. The Morgan fingerprint density at radius 1 is 1.44 bits per heavy atom. The summed E-state index contributed by atoms with van der Waals surface area (Å²) in [6, 6.07) is 3.39. The fraction of sp³-hybridized carbons (Fsp3) is 0.417. The van der Waals surface area contributed by atoms with E-state index in [-0.39, 0.29) is 10.6 Å². The van der Waals surface area contributed by atoms with Crippen LogP contribution in [0.4, 0.5) is 4.39 Å². The highest BCUT2D eigenvalue weighted by Gasteiger charge is 2.31. The quantitative estimate of drug-likeness (QED) is 0.914. The van der Waals surface area contributed by atoms with Gasteiger partial charge in [0.15, 0.2) is 0 Å². The highest BCUT2D eigenvalue weighted by molar-refractivity contribution is 6.30. The summed E-state index contributed by atoms with van der Waals surface area (Å²) in [7, 11) is 0. The predicted molar refractivity (Wildman–Crippen MR) is 64.2 cm³/mol. The lowest BCUT2D eigenvalue weighted by Gasteiger charge is -2.32. The van der Waals surface area contributed by atoms with Gasteiger partial charge in [-0.1, -0.05) is 23.7 Å². The first-order valence-electron chi connectivity index (χ1n) is 5.60. The van der Waals surface area contributed by atoms with Crippen LogP contribution >= 0.6 is 11.6 Å². The molecular weight excluding hydrogens is 261 g/mol. The van der Waals surface area contributed by atoms with Crippen LogP contribution in [-0.2, 0) is 9.53 Å². The van der Waals surface area contributed by atoms with E-state index in [0.29, 0.717) is 26.3 Å². The number of halogens is 2. The SMILES string of the molecule is O=C(O)C(c1cccc(Cl)c1F)N1CCOCC1. The molecule has 0 aromatic heterocycles. The number of hydrogen-bond donors (Lipinski definition) is 1. The van der Waals surface area contributed by atoms with Gasteiger partial charge in [0.1, 0.15) is 11.9 Å². The van der Waals surface area contributed by atoms with Crippen molar-refractivity contribution in [1.82, 2.24) is 4.90 Å². The lowest BCUT2D eigenvalue weighted by Crippen LogP contribution is -2.42. The Morgan fingerprint density at radius 2 is 2.11 bits per heavy atom. The molecule has 18 heavy (non-hydrogen) atoms. The fourth-order valence-corrected chi connectivity index (χ4v) is 2.24. The maximum atomic E-state index is 13.9. The molecule has 4 nitrogen and oxygen atoms in total. The zero-order valence-electron chi connectivity index (χ0n) is 9.60. The minimum atomic E-state index is -1.09. The van der Waals surface area contributed by atoms with Gasteiger partial charge >= 0.3 is 5.97 Å². The van der Waals surface area contributed by atoms with Crippen LogP contribution in [0.2, 0.25) is 5.02 Å². The largest absolute Gasteiger partial charge is 0.480 e. The molecule has 1 aliphatic heterocycles. The minimum absolute atomic E-state index is 0.0630. The predicted octanol–water partition coefficient (Wildman–Crippen LogP) is 1.94. The fourth-order valence-electron chi connectivity index (χ4n) is 2.05. The Labute approximate surface area is 109 Å². The summed E-state index contributed by atoms with van der Waals surface area (Å²) in [5, 5.41) is 9.24. The molecule has 1 atom stereocenters. The van der Waals surface area contributed by atoms with E-state index in [1.54, 1.807) is 11.0 Å². The summed E-state index contributed by atoms with van der Waals surface area (Å²) in [5.74, 6) is -1.75. The molecule has 1 aromatic rings. The summed E-state index contributed by atoms with van der Waals surface area (Å²) in [5.41, 5.74) is 0.0944. The highest BCUT2D eigenvalue weighted by atomic mass is 35.5. The Kier molecular flexibility index (Phi) is 4.16. The molecule has 1 heterocycles. The number of nitrogens with zero attached hydrogens (tertiary/aromatic N) is 1. The van der Waals surface area contributed by atoms with Crippen molar-refractivity contribution >= 4 is 17.6 Å². The van der Waals surface area contributed by atoms with E-state index in [9.17, 15) is 14.3 Å². The van der Waals surface area contributed by atoms with Crippen molar-refractivity contribution in [2.75, 3.05) is 26.3 Å². The zero-order valence-corrected chi connectivity index (χ0v) is 10.4. The summed E-state index contributed by atoms with van der Waals surface area (Å²) in [6.07, 6.45) is 0. The molecule has 1 aromatic carbocycles. The molecule has 98 valence electrons. The van der Waals surface area contributed by atoms with Crippen molar-refractivity contribution in [2.24, 2.45) is 0 Å². The van der Waals surface area contributed by atoms with Crippen molar-refractivity contribution in [1.29, 1.82) is 0 Å². The third-order valence-corrected chi connectivity index (χ3v) is 3.21. The molecule has 1 fully saturated rings. The molecule has 0 aliphatic carbocycles. The number of benzene rings is 1. The zero-order chi connectivity index (χ0) is 13.1. The van der Waals surface area contributed by atoms with Crippen LogP contribution in [0.15, 0.2) is 18.2 Å². The third kappa shape index (κ3) is 2.63. The second-order valence-electron chi connectivity index (χ2n) is 4.03.